The number of methoxy groups -OCH3 is 1. The molecule has 1 heterocycles. The van der Waals surface area contributed by atoms with Gasteiger partial charge in [-0.1, -0.05) is 107 Å². The lowest BCUT2D eigenvalue weighted by molar-refractivity contribution is -0.143. The van der Waals surface area contributed by atoms with Crippen LogP contribution in [0.4, 0.5) is 4.79 Å². The van der Waals surface area contributed by atoms with E-state index < -0.39 is 38.6 Å². The number of cyclic esters (lactones) is 1. The van der Waals surface area contributed by atoms with Crippen LogP contribution in [0.5, 0.6) is 5.75 Å². The zero-order chi connectivity index (χ0) is 30.3. The van der Waals surface area contributed by atoms with Crippen LogP contribution in [0.15, 0.2) is 110 Å². The van der Waals surface area contributed by atoms with Crippen molar-refractivity contribution in [2.24, 2.45) is 0 Å². The Balaban J connectivity index is 1.73. The van der Waals surface area contributed by atoms with Gasteiger partial charge in [-0.05, 0) is 39.2 Å². The lowest BCUT2D eigenvalue weighted by Gasteiger charge is -2.43. The molecule has 0 unspecified atom stereocenters. The SMILES string of the molecule is C=CC(=O)O[C@@H](C=C)[C@H]1[C@@H](CO[Si](c2ccccc2)(c2ccccc2)C(C)(C)C)OC(=O)N1Cc1ccc(OC)cc1. The summed E-state index contributed by atoms with van der Waals surface area (Å²) in [6, 6.07) is 27.2. The van der Waals surface area contributed by atoms with Gasteiger partial charge in [0.2, 0.25) is 0 Å². The Kier molecular flexibility index (Phi) is 9.70. The zero-order valence-electron chi connectivity index (χ0n) is 24.7. The van der Waals surface area contributed by atoms with Crippen molar-refractivity contribution in [3.63, 3.8) is 0 Å². The highest BCUT2D eigenvalue weighted by molar-refractivity contribution is 6.99. The first-order chi connectivity index (χ1) is 20.1. The largest absolute Gasteiger partial charge is 0.497 e. The summed E-state index contributed by atoms with van der Waals surface area (Å²) in [7, 11) is -1.33. The third-order valence-corrected chi connectivity index (χ3v) is 12.6. The minimum Gasteiger partial charge on any atom is -0.497 e. The monoisotopic (exact) mass is 585 g/mol. The Hall–Kier alpha value is -4.14. The molecule has 1 saturated heterocycles. The molecule has 7 nitrogen and oxygen atoms in total. The number of carbonyl (C=O) groups excluding carboxylic acids is 2. The van der Waals surface area contributed by atoms with E-state index in [-0.39, 0.29) is 18.2 Å². The number of nitrogens with zero attached hydrogens (tertiary/aromatic N) is 1. The number of hydrogen-bond acceptors (Lipinski definition) is 6. The van der Waals surface area contributed by atoms with Gasteiger partial charge in [-0.25, -0.2) is 9.59 Å². The normalized spacial score (nSPS) is 17.7. The fourth-order valence-electron chi connectivity index (χ4n) is 5.62. The van der Waals surface area contributed by atoms with Gasteiger partial charge in [0.05, 0.1) is 13.7 Å². The second kappa shape index (κ2) is 13.2. The number of hydrogen-bond donors (Lipinski definition) is 0. The Labute approximate surface area is 249 Å². The Bertz CT molecular complexity index is 1330. The van der Waals surface area contributed by atoms with Gasteiger partial charge in [0.15, 0.2) is 6.10 Å². The van der Waals surface area contributed by atoms with Gasteiger partial charge in [-0.2, -0.15) is 0 Å². The number of rotatable bonds is 12. The maximum absolute atomic E-state index is 13.4. The van der Waals surface area contributed by atoms with Crippen molar-refractivity contribution < 1.29 is 28.2 Å². The molecule has 0 spiro atoms. The molecule has 0 aliphatic carbocycles. The van der Waals surface area contributed by atoms with Crippen LogP contribution in [0.1, 0.15) is 26.3 Å². The summed E-state index contributed by atoms with van der Waals surface area (Å²) in [5, 5.41) is 1.94. The van der Waals surface area contributed by atoms with Crippen molar-refractivity contribution in [3.05, 3.63) is 116 Å². The van der Waals surface area contributed by atoms with Gasteiger partial charge in [0.25, 0.3) is 8.32 Å². The summed E-state index contributed by atoms with van der Waals surface area (Å²) >= 11 is 0. The van der Waals surface area contributed by atoms with Crippen LogP contribution >= 0.6 is 0 Å². The maximum atomic E-state index is 13.4. The average molecular weight is 586 g/mol. The number of ether oxygens (including phenoxy) is 3. The molecule has 3 aromatic carbocycles. The molecule has 0 aromatic heterocycles. The summed E-state index contributed by atoms with van der Waals surface area (Å²) in [5.41, 5.74) is 0.865. The summed E-state index contributed by atoms with van der Waals surface area (Å²) in [6.45, 7) is 14.3. The molecule has 8 heteroatoms. The van der Waals surface area contributed by atoms with Crippen LogP contribution in [-0.4, -0.2) is 57.2 Å². The molecule has 0 radical (unpaired) electrons. The van der Waals surface area contributed by atoms with Crippen molar-refractivity contribution in [2.75, 3.05) is 13.7 Å². The average Bonchev–Trinajstić information content (AvgIpc) is 3.30. The maximum Gasteiger partial charge on any atom is 0.411 e. The van der Waals surface area contributed by atoms with Crippen LogP contribution < -0.4 is 15.1 Å². The van der Waals surface area contributed by atoms with E-state index in [4.69, 9.17) is 18.6 Å². The molecule has 4 rings (SSSR count). The first-order valence-electron chi connectivity index (χ1n) is 14.0. The number of carbonyl (C=O) groups is 2. The quantitative estimate of drug-likeness (QED) is 0.125. The molecular formula is C34H39NO6Si. The van der Waals surface area contributed by atoms with E-state index in [1.54, 1.807) is 12.0 Å². The fourth-order valence-corrected chi connectivity index (χ4v) is 10.2. The minimum absolute atomic E-state index is 0.0960. The van der Waals surface area contributed by atoms with Gasteiger partial charge >= 0.3 is 12.1 Å². The molecule has 1 amide bonds. The molecule has 1 fully saturated rings. The van der Waals surface area contributed by atoms with Crippen molar-refractivity contribution in [1.82, 2.24) is 4.90 Å². The van der Waals surface area contributed by atoms with E-state index in [0.717, 1.165) is 22.0 Å². The van der Waals surface area contributed by atoms with Crippen molar-refractivity contribution in [1.29, 1.82) is 0 Å². The van der Waals surface area contributed by atoms with E-state index in [2.05, 4.69) is 58.2 Å². The predicted molar refractivity (Wildman–Crippen MR) is 166 cm³/mol. The first-order valence-corrected chi connectivity index (χ1v) is 15.9. The van der Waals surface area contributed by atoms with Crippen LogP contribution in [-0.2, 0) is 25.2 Å². The second-order valence-corrected chi connectivity index (χ2v) is 15.5. The summed E-state index contributed by atoms with van der Waals surface area (Å²) < 4.78 is 24.0. The molecule has 220 valence electrons. The van der Waals surface area contributed by atoms with E-state index in [1.165, 1.54) is 6.08 Å². The summed E-state index contributed by atoms with van der Waals surface area (Å²) in [4.78, 5) is 27.3. The van der Waals surface area contributed by atoms with Gasteiger partial charge in [-0.15, -0.1) is 0 Å². The van der Waals surface area contributed by atoms with Crippen molar-refractivity contribution in [2.45, 2.75) is 50.6 Å². The third-order valence-electron chi connectivity index (χ3n) is 7.61. The number of benzene rings is 3. The van der Waals surface area contributed by atoms with E-state index in [9.17, 15) is 9.59 Å². The van der Waals surface area contributed by atoms with Crippen molar-refractivity contribution in [3.8, 4) is 5.75 Å². The lowest BCUT2D eigenvalue weighted by Crippen LogP contribution is -2.67. The van der Waals surface area contributed by atoms with Crippen LogP contribution in [0.2, 0.25) is 5.04 Å². The minimum atomic E-state index is -2.93. The fraction of sp³-hybridized carbons (Fsp3) is 0.294. The van der Waals surface area contributed by atoms with E-state index >= 15 is 0 Å². The number of amides is 1. The smallest absolute Gasteiger partial charge is 0.411 e. The first kappa shape index (κ1) is 30.8. The predicted octanol–water partition coefficient (Wildman–Crippen LogP) is 5.25. The second-order valence-electron chi connectivity index (χ2n) is 11.2. The summed E-state index contributed by atoms with van der Waals surface area (Å²) in [6.07, 6.45) is 0.500. The van der Waals surface area contributed by atoms with Gasteiger partial charge in [0.1, 0.15) is 17.9 Å². The third kappa shape index (κ3) is 6.35. The Morgan fingerprint density at radius 2 is 1.55 bits per heavy atom. The van der Waals surface area contributed by atoms with Gasteiger partial charge in [-0.3, -0.25) is 4.90 Å². The molecule has 1 aliphatic heterocycles. The van der Waals surface area contributed by atoms with Gasteiger partial charge < -0.3 is 18.6 Å². The highest BCUT2D eigenvalue weighted by Gasteiger charge is 2.53. The Morgan fingerprint density at radius 1 is 0.976 bits per heavy atom. The molecule has 3 atom stereocenters. The molecule has 42 heavy (non-hydrogen) atoms. The molecule has 0 N–H and O–H groups in total. The number of esters is 1. The zero-order valence-corrected chi connectivity index (χ0v) is 25.7. The Morgan fingerprint density at radius 3 is 2.02 bits per heavy atom. The topological polar surface area (TPSA) is 74.3 Å². The molecule has 0 bridgehead atoms. The van der Waals surface area contributed by atoms with Crippen LogP contribution in [0.3, 0.4) is 0 Å². The highest BCUT2D eigenvalue weighted by atomic mass is 28.4. The summed E-state index contributed by atoms with van der Waals surface area (Å²) in [5.74, 6) is 0.0926. The molecular weight excluding hydrogens is 546 g/mol. The molecule has 1 aliphatic rings. The van der Waals surface area contributed by atoms with Crippen molar-refractivity contribution >= 4 is 30.8 Å². The van der Waals surface area contributed by atoms with Gasteiger partial charge in [0, 0.05) is 12.6 Å². The standard InChI is InChI=1S/C34H39NO6Si/c1-7-29(40-31(36)8-2)32-30(41-33(37)35(32)23-25-19-21-26(38-6)22-20-25)24-39-42(34(3,4)5,27-15-11-9-12-16-27)28-17-13-10-14-18-28/h7-22,29-30,32H,1-2,23-24H2,3-6H3/t29-,30+,32-/m0/s1. The highest BCUT2D eigenvalue weighted by Crippen LogP contribution is 2.38. The van der Waals surface area contributed by atoms with Crippen LogP contribution in [0, 0.1) is 0 Å². The molecule has 0 saturated carbocycles. The lowest BCUT2D eigenvalue weighted by atomic mass is 10.0. The van der Waals surface area contributed by atoms with Crippen LogP contribution in [0.25, 0.3) is 0 Å². The molecule has 3 aromatic rings. The van der Waals surface area contributed by atoms with E-state index in [1.807, 2.05) is 60.7 Å². The van der Waals surface area contributed by atoms with E-state index in [0.29, 0.717) is 5.75 Å².